The molecule has 0 fully saturated rings. The van der Waals surface area contributed by atoms with E-state index >= 15 is 0 Å². The van der Waals surface area contributed by atoms with Crippen molar-refractivity contribution in [2.45, 2.75) is 20.5 Å². The average molecular weight is 473 g/mol. The van der Waals surface area contributed by atoms with Gasteiger partial charge in [-0.05, 0) is 95.9 Å². The minimum Gasteiger partial charge on any atom is -0.489 e. The van der Waals surface area contributed by atoms with Gasteiger partial charge in [0, 0.05) is 17.1 Å². The van der Waals surface area contributed by atoms with Crippen LogP contribution in [0.5, 0.6) is 5.75 Å². The number of aromatic nitrogens is 1. The van der Waals surface area contributed by atoms with E-state index < -0.39 is 0 Å². The molecular weight excluding hydrogens is 447 g/mol. The van der Waals surface area contributed by atoms with E-state index in [2.05, 4.69) is 54.8 Å². The molecule has 0 atom stereocenters. The maximum Gasteiger partial charge on any atom is 0.123 e. The first-order chi connectivity index (χ1) is 17.5. The molecule has 0 aliphatic rings. The number of benzene rings is 4. The first kappa shape index (κ1) is 23.1. The van der Waals surface area contributed by atoms with E-state index in [4.69, 9.17) is 4.74 Å². The number of hydrogen-bond acceptors (Lipinski definition) is 2. The molecule has 0 aliphatic carbocycles. The fourth-order valence-electron chi connectivity index (χ4n) is 4.46. The quantitative estimate of drug-likeness (QED) is 0.235. The molecule has 0 amide bonds. The van der Waals surface area contributed by atoms with Crippen LogP contribution in [0.2, 0.25) is 0 Å². The minimum absolute atomic E-state index is 0.256. The molecule has 4 aromatic carbocycles. The third-order valence-electron chi connectivity index (χ3n) is 6.36. The maximum atomic E-state index is 13.1. The molecule has 5 rings (SSSR count). The van der Waals surface area contributed by atoms with Crippen LogP contribution in [0.3, 0.4) is 0 Å². The lowest BCUT2D eigenvalue weighted by atomic mass is 10.0. The van der Waals surface area contributed by atoms with Crippen LogP contribution in [0.1, 0.15) is 28.1 Å². The van der Waals surface area contributed by atoms with Crippen molar-refractivity contribution in [3.63, 3.8) is 0 Å². The van der Waals surface area contributed by atoms with E-state index in [1.807, 2.05) is 48.5 Å². The summed E-state index contributed by atoms with van der Waals surface area (Å²) in [7, 11) is 0. The molecule has 0 aliphatic heterocycles. The van der Waals surface area contributed by atoms with Gasteiger partial charge in [0.15, 0.2) is 0 Å². The Labute approximate surface area is 210 Å². The molecule has 0 radical (unpaired) electrons. The zero-order valence-corrected chi connectivity index (χ0v) is 20.2. The molecule has 0 unspecified atom stereocenters. The lowest BCUT2D eigenvalue weighted by Gasteiger charge is -2.12. The predicted octanol–water partition coefficient (Wildman–Crippen LogP) is 8.03. The maximum absolute atomic E-state index is 13.1. The molecule has 176 valence electrons. The van der Waals surface area contributed by atoms with Crippen molar-refractivity contribution < 1.29 is 9.13 Å². The largest absolute Gasteiger partial charge is 0.489 e. The Hall–Kier alpha value is -4.62. The number of nitrogens with zero attached hydrogens (tertiary/aromatic N) is 2. The zero-order valence-electron chi connectivity index (χ0n) is 20.2. The monoisotopic (exact) mass is 472 g/mol. The van der Waals surface area contributed by atoms with Gasteiger partial charge in [-0.1, -0.05) is 48.5 Å². The van der Waals surface area contributed by atoms with E-state index in [1.54, 1.807) is 12.1 Å². The molecular formula is C32H25FN2O. The van der Waals surface area contributed by atoms with E-state index in [1.165, 1.54) is 12.1 Å². The van der Waals surface area contributed by atoms with Crippen LogP contribution in [0.4, 0.5) is 4.39 Å². The Balaban J connectivity index is 1.39. The topological polar surface area (TPSA) is 38.0 Å². The molecule has 0 saturated heterocycles. The van der Waals surface area contributed by atoms with Crippen LogP contribution in [0.25, 0.3) is 28.1 Å². The molecule has 1 heterocycles. The van der Waals surface area contributed by atoms with Crippen molar-refractivity contribution in [3.05, 3.63) is 131 Å². The van der Waals surface area contributed by atoms with Gasteiger partial charge in [0.2, 0.25) is 0 Å². The van der Waals surface area contributed by atoms with Gasteiger partial charge in [-0.2, -0.15) is 5.26 Å². The minimum atomic E-state index is -0.256. The van der Waals surface area contributed by atoms with Gasteiger partial charge in [-0.3, -0.25) is 0 Å². The second-order valence-corrected chi connectivity index (χ2v) is 8.80. The highest BCUT2D eigenvalue weighted by Gasteiger charge is 2.12. The number of rotatable bonds is 6. The fourth-order valence-corrected chi connectivity index (χ4v) is 4.46. The van der Waals surface area contributed by atoms with Crippen molar-refractivity contribution in [1.82, 2.24) is 4.57 Å². The fraction of sp³-hybridized carbons (Fsp3) is 0.0938. The van der Waals surface area contributed by atoms with Crippen LogP contribution in [-0.2, 0) is 6.61 Å². The summed E-state index contributed by atoms with van der Waals surface area (Å²) < 4.78 is 21.1. The Morgan fingerprint density at radius 3 is 2.33 bits per heavy atom. The van der Waals surface area contributed by atoms with Crippen LogP contribution < -0.4 is 4.74 Å². The van der Waals surface area contributed by atoms with Crippen LogP contribution in [0.15, 0.2) is 97.1 Å². The van der Waals surface area contributed by atoms with Crippen LogP contribution >= 0.6 is 0 Å². The third kappa shape index (κ3) is 4.78. The number of allylic oxidation sites excluding steroid dienone is 1. The molecule has 0 bridgehead atoms. The molecule has 5 aromatic rings. The van der Waals surface area contributed by atoms with Crippen molar-refractivity contribution in [2.75, 3.05) is 0 Å². The highest BCUT2D eigenvalue weighted by molar-refractivity contribution is 5.94. The van der Waals surface area contributed by atoms with Gasteiger partial charge in [0.05, 0.1) is 11.6 Å². The lowest BCUT2D eigenvalue weighted by molar-refractivity contribution is 0.306. The van der Waals surface area contributed by atoms with Crippen LogP contribution in [-0.4, -0.2) is 4.57 Å². The number of ether oxygens (including phenoxy) is 1. The molecule has 0 saturated carbocycles. The van der Waals surface area contributed by atoms with Gasteiger partial charge >= 0.3 is 0 Å². The standard InChI is InChI=1S/C32H25FN2O/c1-22-17-28(19-29(20-34)27-10-9-25-5-3-4-6-26(25)18-27)23(2)35(22)31-13-15-32(16-14-31)36-21-24-7-11-30(33)12-8-24/h3-19H,21H2,1-2H3/b29-19-. The van der Waals surface area contributed by atoms with Crippen molar-refractivity contribution in [2.24, 2.45) is 0 Å². The average Bonchev–Trinajstić information content (AvgIpc) is 3.19. The summed E-state index contributed by atoms with van der Waals surface area (Å²) in [4.78, 5) is 0. The van der Waals surface area contributed by atoms with E-state index in [-0.39, 0.29) is 5.82 Å². The molecule has 0 spiro atoms. The van der Waals surface area contributed by atoms with Crippen molar-refractivity contribution >= 4 is 22.4 Å². The Bertz CT molecular complexity index is 1600. The van der Waals surface area contributed by atoms with Crippen molar-refractivity contribution in [1.29, 1.82) is 5.26 Å². The number of fused-ring (bicyclic) bond motifs is 1. The van der Waals surface area contributed by atoms with E-state index in [9.17, 15) is 9.65 Å². The second kappa shape index (κ2) is 9.93. The van der Waals surface area contributed by atoms with E-state index in [0.717, 1.165) is 50.3 Å². The summed E-state index contributed by atoms with van der Waals surface area (Å²) >= 11 is 0. The van der Waals surface area contributed by atoms with Gasteiger partial charge in [0.25, 0.3) is 0 Å². The third-order valence-corrected chi connectivity index (χ3v) is 6.36. The predicted molar refractivity (Wildman–Crippen MR) is 143 cm³/mol. The summed E-state index contributed by atoms with van der Waals surface area (Å²) in [5.74, 6) is 0.489. The summed E-state index contributed by atoms with van der Waals surface area (Å²) in [5.41, 5.74) is 6.61. The number of halogens is 1. The van der Waals surface area contributed by atoms with Crippen molar-refractivity contribution in [3.8, 4) is 17.5 Å². The lowest BCUT2D eigenvalue weighted by Crippen LogP contribution is -2.00. The van der Waals surface area contributed by atoms with Gasteiger partial charge in [-0.15, -0.1) is 0 Å². The zero-order chi connectivity index (χ0) is 25.1. The van der Waals surface area contributed by atoms with Gasteiger partial charge < -0.3 is 9.30 Å². The molecule has 1 aromatic heterocycles. The normalized spacial score (nSPS) is 11.4. The smallest absolute Gasteiger partial charge is 0.123 e. The first-order valence-electron chi connectivity index (χ1n) is 11.8. The Kier molecular flexibility index (Phi) is 6.38. The summed E-state index contributed by atoms with van der Waals surface area (Å²) in [6, 6.07) is 33.0. The summed E-state index contributed by atoms with van der Waals surface area (Å²) in [5, 5.41) is 12.2. The first-order valence-corrected chi connectivity index (χ1v) is 11.8. The van der Waals surface area contributed by atoms with Gasteiger partial charge in [0.1, 0.15) is 18.2 Å². The summed E-state index contributed by atoms with van der Waals surface area (Å²) in [6.45, 7) is 4.50. The number of hydrogen-bond donors (Lipinski definition) is 0. The van der Waals surface area contributed by atoms with Crippen LogP contribution in [0, 0.1) is 31.0 Å². The molecule has 36 heavy (non-hydrogen) atoms. The Morgan fingerprint density at radius 2 is 1.61 bits per heavy atom. The second-order valence-electron chi connectivity index (χ2n) is 8.80. The Morgan fingerprint density at radius 1 is 0.889 bits per heavy atom. The number of nitriles is 1. The van der Waals surface area contributed by atoms with E-state index in [0.29, 0.717) is 12.2 Å². The molecule has 3 nitrogen and oxygen atoms in total. The summed E-state index contributed by atoms with van der Waals surface area (Å²) in [6.07, 6.45) is 1.96. The molecule has 0 N–H and O–H groups in total. The SMILES string of the molecule is Cc1cc(/C=C(/C#N)c2ccc3ccccc3c2)c(C)n1-c1ccc(OCc2ccc(F)cc2)cc1. The highest BCUT2D eigenvalue weighted by atomic mass is 19.1. The molecule has 4 heteroatoms. The highest BCUT2D eigenvalue weighted by Crippen LogP contribution is 2.28. The van der Waals surface area contributed by atoms with Gasteiger partial charge in [-0.25, -0.2) is 4.39 Å². The number of aryl methyl sites for hydroxylation is 1.